The third-order valence-electron chi connectivity index (χ3n) is 8.83. The number of carbonyl (C=O) groups excluding carboxylic acids is 4. The molecule has 2 atom stereocenters. The largest absolute Gasteiger partial charge is 0.463 e. The molecule has 0 amide bonds. The second kappa shape index (κ2) is 15.8. The SMILES string of the molecule is CCC1(OC(=O)CC(=O)OCCOCCOC(=O)CCCCC2CCSS2)C(=O)OCc2c1cc1n(c2=O)Cc2cc3ccccc3nc2-1. The number of fused-ring (bicyclic) bond motifs is 5. The molecule has 12 nitrogen and oxygen atoms in total. The molecule has 49 heavy (non-hydrogen) atoms. The lowest BCUT2D eigenvalue weighted by molar-refractivity contribution is -0.190. The molecule has 3 aliphatic rings. The van der Waals surface area contributed by atoms with Crippen molar-refractivity contribution in [1.29, 1.82) is 0 Å². The highest BCUT2D eigenvalue weighted by molar-refractivity contribution is 8.77. The average Bonchev–Trinajstić information content (AvgIpc) is 3.74. The van der Waals surface area contributed by atoms with Crippen LogP contribution in [-0.4, -0.2) is 70.9 Å². The second-order valence-electron chi connectivity index (χ2n) is 12.0. The van der Waals surface area contributed by atoms with E-state index < -0.39 is 29.9 Å². The van der Waals surface area contributed by atoms with Crippen LogP contribution in [0.4, 0.5) is 0 Å². The summed E-state index contributed by atoms with van der Waals surface area (Å²) in [6.45, 7) is 1.81. The first kappa shape index (κ1) is 35.0. The van der Waals surface area contributed by atoms with Crippen LogP contribution in [0, 0.1) is 0 Å². The van der Waals surface area contributed by atoms with E-state index in [1.54, 1.807) is 17.6 Å². The second-order valence-corrected chi connectivity index (χ2v) is 14.8. The maximum atomic E-state index is 13.7. The van der Waals surface area contributed by atoms with Crippen LogP contribution in [0.1, 0.15) is 68.6 Å². The van der Waals surface area contributed by atoms with Gasteiger partial charge in [-0.1, -0.05) is 53.1 Å². The van der Waals surface area contributed by atoms with Crippen molar-refractivity contribution in [2.45, 2.75) is 75.9 Å². The molecule has 1 aromatic carbocycles. The molecular weight excluding hydrogens is 673 g/mol. The van der Waals surface area contributed by atoms with Crippen LogP contribution < -0.4 is 5.56 Å². The minimum absolute atomic E-state index is 0.0300. The highest BCUT2D eigenvalue weighted by Gasteiger charge is 2.50. The van der Waals surface area contributed by atoms with Crippen molar-refractivity contribution >= 4 is 56.4 Å². The number of hydrogen-bond donors (Lipinski definition) is 0. The van der Waals surface area contributed by atoms with Crippen molar-refractivity contribution in [1.82, 2.24) is 9.55 Å². The first-order chi connectivity index (χ1) is 23.8. The molecule has 1 fully saturated rings. The van der Waals surface area contributed by atoms with Crippen LogP contribution in [0.25, 0.3) is 22.3 Å². The molecule has 0 bridgehead atoms. The lowest BCUT2D eigenvalue weighted by Gasteiger charge is -2.35. The van der Waals surface area contributed by atoms with Gasteiger partial charge in [-0.3, -0.25) is 19.2 Å². The summed E-state index contributed by atoms with van der Waals surface area (Å²) >= 11 is 0. The number of cyclic esters (lactones) is 1. The molecule has 260 valence electrons. The normalized spacial score (nSPS) is 19.1. The minimum atomic E-state index is -1.92. The van der Waals surface area contributed by atoms with Crippen molar-refractivity contribution in [3.8, 4) is 11.4 Å². The van der Waals surface area contributed by atoms with Crippen molar-refractivity contribution in [3.63, 3.8) is 0 Å². The number of hydrogen-bond acceptors (Lipinski definition) is 13. The number of esters is 4. The van der Waals surface area contributed by atoms with E-state index in [1.807, 2.05) is 51.9 Å². The molecular formula is C35H38N2O10S2. The van der Waals surface area contributed by atoms with Gasteiger partial charge in [-0.2, -0.15) is 0 Å². The average molecular weight is 711 g/mol. The van der Waals surface area contributed by atoms with Gasteiger partial charge in [0.15, 0.2) is 0 Å². The predicted octanol–water partition coefficient (Wildman–Crippen LogP) is 4.84. The third kappa shape index (κ3) is 7.81. The fourth-order valence-electron chi connectivity index (χ4n) is 6.29. The van der Waals surface area contributed by atoms with Crippen molar-refractivity contribution in [3.05, 3.63) is 63.4 Å². The molecule has 5 heterocycles. The summed E-state index contributed by atoms with van der Waals surface area (Å²) in [7, 11) is 3.85. The van der Waals surface area contributed by atoms with Crippen LogP contribution in [0.15, 0.2) is 41.2 Å². The zero-order valence-electron chi connectivity index (χ0n) is 27.2. The molecule has 2 unspecified atom stereocenters. The highest BCUT2D eigenvalue weighted by atomic mass is 33.1. The van der Waals surface area contributed by atoms with E-state index in [-0.39, 0.29) is 62.1 Å². The van der Waals surface area contributed by atoms with E-state index in [4.69, 9.17) is 28.7 Å². The van der Waals surface area contributed by atoms with Crippen LogP contribution in [-0.2, 0) is 61.6 Å². The van der Waals surface area contributed by atoms with Crippen LogP contribution in [0.5, 0.6) is 0 Å². The number of rotatable bonds is 15. The Bertz CT molecular complexity index is 1800. The predicted molar refractivity (Wildman–Crippen MR) is 183 cm³/mol. The number of ether oxygens (including phenoxy) is 5. The number of unbranched alkanes of at least 4 members (excludes halogenated alkanes) is 1. The molecule has 3 aromatic rings. The number of pyridine rings is 2. The number of nitrogens with zero attached hydrogens (tertiary/aromatic N) is 2. The van der Waals surface area contributed by atoms with Gasteiger partial charge in [-0.15, -0.1) is 0 Å². The Balaban J connectivity index is 0.985. The highest BCUT2D eigenvalue weighted by Crippen LogP contribution is 2.41. The standard InChI is InChI=1S/C35H38N2O10S2/c1-2-35(47-31(40)19-30(39)45-15-13-43-12-14-44-29(38)10-6-4-8-24-11-16-48-49-24)26-18-28-32-23(17-22-7-3-5-9-27(22)36-32)20-37(28)33(41)25(26)21-46-34(35)42/h3,5,7,9,17-18,24H,2,4,6,8,10-16,19-21H2,1H3. The van der Waals surface area contributed by atoms with Crippen LogP contribution >= 0.6 is 21.6 Å². The molecule has 0 aliphatic carbocycles. The Morgan fingerprint density at radius 3 is 2.59 bits per heavy atom. The number of benzene rings is 1. The Hall–Kier alpha value is -3.88. The lowest BCUT2D eigenvalue weighted by Crippen LogP contribution is -2.47. The maximum Gasteiger partial charge on any atom is 0.355 e. The number of para-hydroxylation sites is 1. The zero-order valence-corrected chi connectivity index (χ0v) is 28.9. The summed E-state index contributed by atoms with van der Waals surface area (Å²) in [5.74, 6) is -1.76. The summed E-state index contributed by atoms with van der Waals surface area (Å²) in [6.07, 6.45) is 3.75. The van der Waals surface area contributed by atoms with E-state index in [0.717, 1.165) is 35.7 Å². The summed E-state index contributed by atoms with van der Waals surface area (Å²) in [4.78, 5) is 69.0. The van der Waals surface area contributed by atoms with Gasteiger partial charge < -0.3 is 28.3 Å². The smallest absolute Gasteiger partial charge is 0.355 e. The monoisotopic (exact) mass is 710 g/mol. The number of carbonyl (C=O) groups is 4. The van der Waals surface area contributed by atoms with Gasteiger partial charge in [0.1, 0.15) is 26.2 Å². The van der Waals surface area contributed by atoms with Crippen molar-refractivity contribution in [2.75, 3.05) is 32.2 Å². The fourth-order valence-corrected chi connectivity index (χ4v) is 9.32. The lowest BCUT2D eigenvalue weighted by atomic mass is 9.85. The van der Waals surface area contributed by atoms with Gasteiger partial charge in [-0.05, 0) is 43.9 Å². The van der Waals surface area contributed by atoms with E-state index in [2.05, 4.69) is 0 Å². The molecule has 6 rings (SSSR count). The molecule has 0 radical (unpaired) electrons. The molecule has 0 N–H and O–H groups in total. The molecule has 1 saturated heterocycles. The maximum absolute atomic E-state index is 13.7. The summed E-state index contributed by atoms with van der Waals surface area (Å²) in [6, 6.07) is 11.3. The molecule has 0 spiro atoms. The van der Waals surface area contributed by atoms with Gasteiger partial charge in [0.25, 0.3) is 5.56 Å². The van der Waals surface area contributed by atoms with Gasteiger partial charge in [0, 0.05) is 33.9 Å². The Labute approximate surface area is 290 Å². The Morgan fingerprint density at radius 2 is 1.82 bits per heavy atom. The van der Waals surface area contributed by atoms with E-state index in [9.17, 15) is 24.0 Å². The van der Waals surface area contributed by atoms with Crippen molar-refractivity contribution < 1.29 is 42.9 Å². The van der Waals surface area contributed by atoms with E-state index in [0.29, 0.717) is 29.6 Å². The zero-order chi connectivity index (χ0) is 34.4. The van der Waals surface area contributed by atoms with Crippen molar-refractivity contribution in [2.24, 2.45) is 0 Å². The van der Waals surface area contributed by atoms with Gasteiger partial charge in [0.2, 0.25) is 5.60 Å². The Morgan fingerprint density at radius 1 is 1.02 bits per heavy atom. The molecule has 2 aromatic heterocycles. The topological polar surface area (TPSA) is 149 Å². The van der Waals surface area contributed by atoms with E-state index >= 15 is 0 Å². The summed E-state index contributed by atoms with van der Waals surface area (Å²) in [5.41, 5.74) is 0.885. The van der Waals surface area contributed by atoms with Crippen LogP contribution in [0.2, 0.25) is 0 Å². The summed E-state index contributed by atoms with van der Waals surface area (Å²) < 4.78 is 28.3. The van der Waals surface area contributed by atoms with E-state index in [1.165, 1.54) is 12.2 Å². The Kier molecular flexibility index (Phi) is 11.3. The molecule has 0 saturated carbocycles. The van der Waals surface area contributed by atoms with Gasteiger partial charge >= 0.3 is 23.9 Å². The van der Waals surface area contributed by atoms with Crippen LogP contribution in [0.3, 0.4) is 0 Å². The van der Waals surface area contributed by atoms with Gasteiger partial charge in [0.05, 0.1) is 42.2 Å². The molecule has 3 aliphatic heterocycles. The first-order valence-corrected chi connectivity index (χ1v) is 18.9. The fraction of sp³-hybridized carbons (Fsp3) is 0.486. The first-order valence-electron chi connectivity index (χ1n) is 16.5. The quantitative estimate of drug-likeness (QED) is 0.0545. The third-order valence-corrected chi connectivity index (χ3v) is 11.8. The van der Waals surface area contributed by atoms with Gasteiger partial charge in [-0.25, -0.2) is 9.78 Å². The number of aromatic nitrogens is 2. The summed E-state index contributed by atoms with van der Waals surface area (Å²) in [5, 5.41) is 1.64. The minimum Gasteiger partial charge on any atom is -0.463 e. The molecule has 14 heteroatoms.